The number of nitrogens with zero attached hydrogens (tertiary/aromatic N) is 1. The van der Waals surface area contributed by atoms with E-state index in [9.17, 15) is 8.78 Å². The summed E-state index contributed by atoms with van der Waals surface area (Å²) in [5.41, 5.74) is 0.558. The van der Waals surface area contributed by atoms with E-state index in [1.54, 1.807) is 6.07 Å². The van der Waals surface area contributed by atoms with Gasteiger partial charge in [-0.05, 0) is 0 Å². The Morgan fingerprint density at radius 3 is 2.04 bits per heavy atom. The van der Waals surface area contributed by atoms with Gasteiger partial charge in [-0.2, -0.15) is 0 Å². The predicted molar refractivity (Wildman–Crippen MR) is 116 cm³/mol. The van der Waals surface area contributed by atoms with E-state index in [-0.39, 0.29) is 0 Å². The van der Waals surface area contributed by atoms with Crippen LogP contribution < -0.4 is 3.02 Å². The van der Waals surface area contributed by atoms with Gasteiger partial charge in [-0.15, -0.1) is 0 Å². The Hall–Kier alpha value is -0.491. The van der Waals surface area contributed by atoms with Gasteiger partial charge < -0.3 is 0 Å². The minimum absolute atomic E-state index is 0.456. The number of aromatic nitrogens is 1. The van der Waals surface area contributed by atoms with Crippen molar-refractivity contribution < 1.29 is 8.78 Å². The maximum atomic E-state index is 14.0. The molecule has 0 aliphatic rings. The molecular formula is C22H33F2NSSn. The predicted octanol–water partition coefficient (Wildman–Crippen LogP) is 7.07. The van der Waals surface area contributed by atoms with E-state index in [2.05, 4.69) is 20.8 Å². The summed E-state index contributed by atoms with van der Waals surface area (Å²) in [6, 6.07) is 3.88. The fraction of sp³-hybridized carbons (Fsp3) is 0.591. The SMILES string of the molecule is CCC[CH2][Sn]([CH2]CCC)([CH2]CCC)[c]1ncc(Cc2ccc(F)cc2F)s1. The molecule has 1 aromatic carbocycles. The molecule has 0 saturated carbocycles. The van der Waals surface area contributed by atoms with Gasteiger partial charge in [0.25, 0.3) is 0 Å². The van der Waals surface area contributed by atoms with Crippen molar-refractivity contribution in [3.63, 3.8) is 0 Å². The van der Waals surface area contributed by atoms with Crippen LogP contribution in [-0.4, -0.2) is 23.4 Å². The van der Waals surface area contributed by atoms with Gasteiger partial charge in [-0.25, -0.2) is 0 Å². The van der Waals surface area contributed by atoms with Crippen LogP contribution in [0.1, 0.15) is 69.7 Å². The van der Waals surface area contributed by atoms with Gasteiger partial charge in [-0.1, -0.05) is 0 Å². The molecule has 0 N–H and O–H groups in total. The van der Waals surface area contributed by atoms with Crippen LogP contribution in [0.4, 0.5) is 8.78 Å². The summed E-state index contributed by atoms with van der Waals surface area (Å²) in [5.74, 6) is -0.974. The van der Waals surface area contributed by atoms with Crippen LogP contribution in [0.5, 0.6) is 0 Å². The molecule has 0 bridgehead atoms. The quantitative estimate of drug-likeness (QED) is 0.284. The Bertz CT molecular complexity index is 680. The number of halogens is 2. The van der Waals surface area contributed by atoms with Gasteiger partial charge in [-0.3, -0.25) is 0 Å². The number of rotatable bonds is 12. The van der Waals surface area contributed by atoms with Crippen LogP contribution >= 0.6 is 11.3 Å². The average molecular weight is 500 g/mol. The van der Waals surface area contributed by atoms with Crippen molar-refractivity contribution in [2.45, 2.75) is 79.0 Å². The molecule has 0 atom stereocenters. The van der Waals surface area contributed by atoms with Gasteiger partial charge in [0.05, 0.1) is 0 Å². The Labute approximate surface area is 171 Å². The molecule has 1 heterocycles. The summed E-state index contributed by atoms with van der Waals surface area (Å²) in [4.78, 5) is 6.02. The van der Waals surface area contributed by atoms with Gasteiger partial charge in [0.1, 0.15) is 0 Å². The summed E-state index contributed by atoms with van der Waals surface area (Å²) in [6.07, 6.45) is 10.1. The second-order valence-corrected chi connectivity index (χ2v) is 22.7. The molecule has 5 heteroatoms. The van der Waals surface area contributed by atoms with Crippen LogP contribution in [0.25, 0.3) is 0 Å². The zero-order chi connectivity index (χ0) is 19.7. The standard InChI is InChI=1S/C10H6F2NS.3C4H9.Sn/c11-8-2-1-7(10(12)4-8)3-9-5-13-6-14-9;3*1-3-4-2;/h1-2,4-5H,3H2;3*1,3-4H2,2H3;. The van der Waals surface area contributed by atoms with E-state index in [0.717, 1.165) is 10.9 Å². The molecule has 150 valence electrons. The summed E-state index contributed by atoms with van der Waals surface area (Å²) < 4.78 is 32.8. The molecule has 0 fully saturated rings. The number of hydrogen-bond donors (Lipinski definition) is 0. The first-order valence-corrected chi connectivity index (χ1v) is 18.7. The molecule has 0 amide bonds. The Balaban J connectivity index is 2.26. The van der Waals surface area contributed by atoms with Gasteiger partial charge in [0.2, 0.25) is 0 Å². The molecule has 27 heavy (non-hydrogen) atoms. The van der Waals surface area contributed by atoms with E-state index in [4.69, 9.17) is 4.98 Å². The molecule has 0 unspecified atom stereocenters. The van der Waals surface area contributed by atoms with E-state index in [0.29, 0.717) is 12.0 Å². The van der Waals surface area contributed by atoms with Gasteiger partial charge in [0.15, 0.2) is 0 Å². The first kappa shape index (κ1) is 22.8. The van der Waals surface area contributed by atoms with Crippen molar-refractivity contribution in [2.24, 2.45) is 0 Å². The number of unbranched alkanes of at least 4 members (excludes halogenated alkanes) is 3. The summed E-state index contributed by atoms with van der Waals surface area (Å²) in [7, 11) is 0. The van der Waals surface area contributed by atoms with Crippen molar-refractivity contribution in [1.82, 2.24) is 4.98 Å². The van der Waals surface area contributed by atoms with Gasteiger partial charge >= 0.3 is 172 Å². The van der Waals surface area contributed by atoms with Gasteiger partial charge in [0, 0.05) is 0 Å². The van der Waals surface area contributed by atoms with Crippen LogP contribution in [0.2, 0.25) is 13.3 Å². The third-order valence-electron chi connectivity index (χ3n) is 5.41. The molecule has 1 nitrogen and oxygen atoms in total. The summed E-state index contributed by atoms with van der Waals surface area (Å²) in [5, 5.41) is 0. The number of benzene rings is 1. The molecule has 0 radical (unpaired) electrons. The molecule has 1 aromatic heterocycles. The second-order valence-electron chi connectivity index (χ2n) is 7.64. The molecule has 0 spiro atoms. The minimum atomic E-state index is -2.50. The maximum absolute atomic E-state index is 14.0. The Morgan fingerprint density at radius 1 is 0.926 bits per heavy atom. The Kier molecular flexibility index (Phi) is 9.71. The van der Waals surface area contributed by atoms with Crippen molar-refractivity contribution in [1.29, 1.82) is 0 Å². The average Bonchev–Trinajstić information content (AvgIpc) is 3.13. The fourth-order valence-corrected chi connectivity index (χ4v) is 23.4. The van der Waals surface area contributed by atoms with E-state index < -0.39 is 30.0 Å². The third kappa shape index (κ3) is 6.52. The molecule has 2 aromatic rings. The normalized spacial score (nSPS) is 11.9. The molecule has 0 aliphatic heterocycles. The number of thiazole rings is 1. The second kappa shape index (κ2) is 11.5. The first-order valence-electron chi connectivity index (χ1n) is 10.4. The fourth-order valence-electron chi connectivity index (χ4n) is 3.73. The molecule has 0 aliphatic carbocycles. The zero-order valence-corrected chi connectivity index (χ0v) is 20.7. The van der Waals surface area contributed by atoms with Crippen molar-refractivity contribution in [3.8, 4) is 0 Å². The zero-order valence-electron chi connectivity index (χ0n) is 17.0. The topological polar surface area (TPSA) is 12.9 Å². The summed E-state index contributed by atoms with van der Waals surface area (Å²) >= 11 is -0.680. The van der Waals surface area contributed by atoms with Crippen LogP contribution in [0, 0.1) is 11.6 Å². The van der Waals surface area contributed by atoms with E-state index in [1.165, 1.54) is 60.9 Å². The van der Waals surface area contributed by atoms with E-state index >= 15 is 0 Å². The molecular weight excluding hydrogens is 467 g/mol. The monoisotopic (exact) mass is 501 g/mol. The first-order chi connectivity index (χ1) is 13.0. The van der Waals surface area contributed by atoms with Crippen molar-refractivity contribution in [3.05, 3.63) is 46.5 Å². The molecule has 0 saturated heterocycles. The Morgan fingerprint density at radius 2 is 1.52 bits per heavy atom. The van der Waals surface area contributed by atoms with Crippen LogP contribution in [0.15, 0.2) is 24.4 Å². The van der Waals surface area contributed by atoms with Crippen molar-refractivity contribution >= 4 is 32.7 Å². The summed E-state index contributed by atoms with van der Waals surface area (Å²) in [6.45, 7) is 6.84. The third-order valence-corrected chi connectivity index (χ3v) is 24.2. The number of hydrogen-bond acceptors (Lipinski definition) is 2. The van der Waals surface area contributed by atoms with Crippen LogP contribution in [0.3, 0.4) is 0 Å². The van der Waals surface area contributed by atoms with Crippen molar-refractivity contribution in [2.75, 3.05) is 0 Å². The van der Waals surface area contributed by atoms with Crippen LogP contribution in [-0.2, 0) is 6.42 Å². The van der Waals surface area contributed by atoms with E-state index in [1.807, 2.05) is 17.5 Å². The molecule has 2 rings (SSSR count).